The lowest BCUT2D eigenvalue weighted by atomic mass is 10.1. The van der Waals surface area contributed by atoms with Crippen LogP contribution in [-0.4, -0.2) is 20.4 Å². The number of rotatable bonds is 7. The molecule has 164 valence electrons. The van der Waals surface area contributed by atoms with E-state index in [0.717, 1.165) is 27.3 Å². The Hall–Kier alpha value is -3.52. The van der Waals surface area contributed by atoms with Gasteiger partial charge in [0, 0.05) is 46.0 Å². The van der Waals surface area contributed by atoms with E-state index in [2.05, 4.69) is 40.6 Å². The van der Waals surface area contributed by atoms with Crippen LogP contribution in [0.3, 0.4) is 0 Å². The maximum absolute atomic E-state index is 15.0. The van der Waals surface area contributed by atoms with E-state index in [1.165, 1.54) is 29.5 Å². The Morgan fingerprint density at radius 1 is 1.34 bits per heavy atom. The highest BCUT2D eigenvalue weighted by molar-refractivity contribution is 7.15. The van der Waals surface area contributed by atoms with Gasteiger partial charge in [-0.2, -0.15) is 0 Å². The van der Waals surface area contributed by atoms with Crippen molar-refractivity contribution >= 4 is 44.8 Å². The van der Waals surface area contributed by atoms with E-state index in [-0.39, 0.29) is 11.9 Å². The van der Waals surface area contributed by atoms with Crippen LogP contribution >= 0.6 is 11.3 Å². The van der Waals surface area contributed by atoms with Crippen LogP contribution in [0.25, 0.3) is 22.2 Å². The molecule has 0 aliphatic rings. The molecular weight excluding hydrogens is 425 g/mol. The molecule has 1 amide bonds. The van der Waals surface area contributed by atoms with Gasteiger partial charge in [0.2, 0.25) is 5.91 Å². The van der Waals surface area contributed by atoms with Crippen LogP contribution < -0.4 is 10.6 Å². The molecule has 0 bridgehead atoms. The summed E-state index contributed by atoms with van der Waals surface area (Å²) in [6.07, 6.45) is 5.92. The van der Waals surface area contributed by atoms with Gasteiger partial charge in [-0.15, -0.1) is 11.3 Å². The molecule has 0 spiro atoms. The molecule has 1 aromatic carbocycles. The number of aryl methyl sites for hydroxylation is 1. The summed E-state index contributed by atoms with van der Waals surface area (Å²) >= 11 is 1.52. The number of anilines is 3. The maximum Gasteiger partial charge on any atom is 0.247 e. The number of nitrogens with zero attached hydrogens (tertiary/aromatic N) is 3. The number of carbonyl (C=O) groups excluding carboxylic acids is 1. The number of benzene rings is 1. The molecule has 32 heavy (non-hydrogen) atoms. The second-order valence-corrected chi connectivity index (χ2v) is 8.79. The fraction of sp³-hybridized carbons (Fsp3) is 0.208. The molecule has 2 N–H and O–H groups in total. The van der Waals surface area contributed by atoms with E-state index in [0.29, 0.717) is 22.8 Å². The molecule has 8 heteroatoms. The van der Waals surface area contributed by atoms with E-state index < -0.39 is 5.82 Å². The first-order chi connectivity index (χ1) is 15.4. The fourth-order valence-electron chi connectivity index (χ4n) is 3.50. The highest BCUT2D eigenvalue weighted by Crippen LogP contribution is 2.35. The molecule has 0 saturated heterocycles. The molecule has 4 rings (SSSR count). The molecule has 3 aromatic heterocycles. The first-order valence-electron chi connectivity index (χ1n) is 10.3. The molecule has 4 aromatic rings. The lowest BCUT2D eigenvalue weighted by Gasteiger charge is -2.15. The minimum absolute atomic E-state index is 0.265. The third-order valence-electron chi connectivity index (χ3n) is 5.31. The zero-order chi connectivity index (χ0) is 22.8. The molecule has 0 saturated carbocycles. The largest absolute Gasteiger partial charge is 0.345 e. The number of hydrogen-bond acceptors (Lipinski definition) is 5. The number of carbonyl (C=O) groups is 1. The number of thiazole rings is 1. The average Bonchev–Trinajstić information content (AvgIpc) is 3.40. The number of halogens is 1. The van der Waals surface area contributed by atoms with Gasteiger partial charge in [-0.25, -0.2) is 14.4 Å². The molecule has 0 radical (unpaired) electrons. The minimum atomic E-state index is -0.422. The van der Waals surface area contributed by atoms with Crippen molar-refractivity contribution in [2.24, 2.45) is 0 Å². The number of aromatic nitrogens is 3. The Balaban J connectivity index is 1.89. The Morgan fingerprint density at radius 2 is 2.16 bits per heavy atom. The Labute approximate surface area is 189 Å². The van der Waals surface area contributed by atoms with Gasteiger partial charge in [0.1, 0.15) is 11.6 Å². The maximum atomic E-state index is 15.0. The second kappa shape index (κ2) is 8.92. The van der Waals surface area contributed by atoms with Crippen LogP contribution in [-0.2, 0) is 4.79 Å². The summed E-state index contributed by atoms with van der Waals surface area (Å²) in [4.78, 5) is 21.9. The summed E-state index contributed by atoms with van der Waals surface area (Å²) in [7, 11) is 0. The highest BCUT2D eigenvalue weighted by Gasteiger charge is 2.18. The van der Waals surface area contributed by atoms with Crippen LogP contribution in [0, 0.1) is 12.7 Å². The van der Waals surface area contributed by atoms with Crippen molar-refractivity contribution in [3.8, 4) is 11.3 Å². The second-order valence-electron chi connectivity index (χ2n) is 7.56. The minimum Gasteiger partial charge on any atom is -0.345 e. The highest BCUT2D eigenvalue weighted by atomic mass is 32.1. The quantitative estimate of drug-likeness (QED) is 0.318. The zero-order valence-corrected chi connectivity index (χ0v) is 19.0. The Bertz CT molecular complexity index is 1310. The summed E-state index contributed by atoms with van der Waals surface area (Å²) in [5.41, 5.74) is 2.21. The van der Waals surface area contributed by atoms with E-state index in [9.17, 15) is 9.18 Å². The molecule has 0 fully saturated rings. The Kier molecular flexibility index (Phi) is 6.05. The van der Waals surface area contributed by atoms with E-state index in [1.807, 2.05) is 25.3 Å². The number of pyridine rings is 1. The molecule has 0 aliphatic carbocycles. The van der Waals surface area contributed by atoms with Crippen molar-refractivity contribution in [1.82, 2.24) is 14.5 Å². The molecular formula is C24H24FN5OS. The number of nitrogens with one attached hydrogen (secondary N) is 2. The molecule has 0 aliphatic heterocycles. The van der Waals surface area contributed by atoms with E-state index in [4.69, 9.17) is 4.98 Å². The van der Waals surface area contributed by atoms with Crippen LogP contribution in [0.5, 0.6) is 0 Å². The van der Waals surface area contributed by atoms with Gasteiger partial charge in [-0.3, -0.25) is 4.79 Å². The smallest absolute Gasteiger partial charge is 0.247 e. The summed E-state index contributed by atoms with van der Waals surface area (Å²) in [5, 5.41) is 7.49. The van der Waals surface area contributed by atoms with Gasteiger partial charge in [0.25, 0.3) is 0 Å². The van der Waals surface area contributed by atoms with Crippen molar-refractivity contribution < 1.29 is 9.18 Å². The SMILES string of the molecule is C=CC(=O)Nc1ccc(F)c(-c2nc(Nc3ncc(C)s3)cc3c2ccn3[C@@H](C)CC)c1. The molecule has 3 heterocycles. The number of fused-ring (bicyclic) bond motifs is 1. The van der Waals surface area contributed by atoms with Crippen LogP contribution in [0.4, 0.5) is 21.0 Å². The predicted molar refractivity (Wildman–Crippen MR) is 129 cm³/mol. The van der Waals surface area contributed by atoms with Crippen molar-refractivity contribution in [2.75, 3.05) is 10.6 Å². The van der Waals surface area contributed by atoms with Gasteiger partial charge in [0.15, 0.2) is 5.13 Å². The summed E-state index contributed by atoms with van der Waals surface area (Å²) in [6.45, 7) is 9.71. The summed E-state index contributed by atoms with van der Waals surface area (Å²) in [6, 6.07) is 8.62. The lowest BCUT2D eigenvalue weighted by molar-refractivity contribution is -0.111. The van der Waals surface area contributed by atoms with Crippen molar-refractivity contribution in [3.63, 3.8) is 0 Å². The summed E-state index contributed by atoms with van der Waals surface area (Å²) in [5.74, 6) is -0.211. The van der Waals surface area contributed by atoms with Gasteiger partial charge in [-0.1, -0.05) is 13.5 Å². The normalized spacial score (nSPS) is 12.0. The molecule has 1 atom stereocenters. The van der Waals surface area contributed by atoms with Crippen LogP contribution in [0.15, 0.2) is 55.4 Å². The number of amides is 1. The standard InChI is InChI=1S/C24H24FN5OS/c1-5-14(3)30-10-9-17-20(30)12-21(29-24-26-13-15(4)32-24)28-23(17)18-11-16(7-8-19(18)25)27-22(31)6-2/h6-14H,2,5H2,1,3-4H3,(H,27,31)(H,26,28,29)/t14-/m0/s1. The number of hydrogen-bond donors (Lipinski definition) is 2. The van der Waals surface area contributed by atoms with Gasteiger partial charge < -0.3 is 15.2 Å². The zero-order valence-electron chi connectivity index (χ0n) is 18.1. The third kappa shape index (κ3) is 4.27. The van der Waals surface area contributed by atoms with Crippen molar-refractivity contribution in [3.05, 3.63) is 66.1 Å². The Morgan fingerprint density at radius 3 is 2.84 bits per heavy atom. The van der Waals surface area contributed by atoms with E-state index >= 15 is 0 Å². The van der Waals surface area contributed by atoms with Gasteiger partial charge in [-0.05, 0) is 50.6 Å². The fourth-order valence-corrected chi connectivity index (χ4v) is 4.18. The van der Waals surface area contributed by atoms with E-state index in [1.54, 1.807) is 12.3 Å². The molecule has 0 unspecified atom stereocenters. The first-order valence-corrected chi connectivity index (χ1v) is 11.2. The van der Waals surface area contributed by atoms with Crippen molar-refractivity contribution in [1.29, 1.82) is 0 Å². The lowest BCUT2D eigenvalue weighted by Crippen LogP contribution is -2.07. The van der Waals surface area contributed by atoms with Gasteiger partial charge >= 0.3 is 0 Å². The average molecular weight is 450 g/mol. The van der Waals surface area contributed by atoms with Crippen LogP contribution in [0.2, 0.25) is 0 Å². The topological polar surface area (TPSA) is 71.8 Å². The van der Waals surface area contributed by atoms with Crippen LogP contribution in [0.1, 0.15) is 31.2 Å². The third-order valence-corrected chi connectivity index (χ3v) is 6.14. The molecule has 6 nitrogen and oxygen atoms in total. The van der Waals surface area contributed by atoms with Crippen molar-refractivity contribution in [2.45, 2.75) is 33.2 Å². The first kappa shape index (κ1) is 21.7. The summed E-state index contributed by atoms with van der Waals surface area (Å²) < 4.78 is 17.2. The monoisotopic (exact) mass is 449 g/mol. The van der Waals surface area contributed by atoms with Gasteiger partial charge in [0.05, 0.1) is 11.2 Å². The predicted octanol–water partition coefficient (Wildman–Crippen LogP) is 6.45.